The molecule has 10 heteroatoms. The summed E-state index contributed by atoms with van der Waals surface area (Å²) in [5.41, 5.74) is 6.16. The van der Waals surface area contributed by atoms with Crippen molar-refractivity contribution >= 4 is 17.3 Å². The molecular weight excluding hydrogens is 582 g/mol. The highest BCUT2D eigenvalue weighted by atomic mass is 16.6. The van der Waals surface area contributed by atoms with E-state index < -0.39 is 0 Å². The number of amides is 1. The lowest BCUT2D eigenvalue weighted by Crippen LogP contribution is -2.43. The van der Waals surface area contributed by atoms with Crippen LogP contribution in [-0.4, -0.2) is 68.0 Å². The highest BCUT2D eigenvalue weighted by Crippen LogP contribution is 2.41. The van der Waals surface area contributed by atoms with Gasteiger partial charge in [0.1, 0.15) is 12.4 Å². The second-order valence-corrected chi connectivity index (χ2v) is 11.0. The van der Waals surface area contributed by atoms with Crippen LogP contribution in [0.25, 0.3) is 16.9 Å². The van der Waals surface area contributed by atoms with Crippen molar-refractivity contribution in [1.29, 1.82) is 5.26 Å². The van der Waals surface area contributed by atoms with Crippen molar-refractivity contribution in [3.8, 4) is 28.8 Å². The number of nitrogens with one attached hydrogen (secondary N) is 1. The smallest absolute Gasteiger partial charge is 0.224 e. The first-order chi connectivity index (χ1) is 22.5. The molecule has 1 aliphatic rings. The molecular formula is C36H41N5O5. The van der Waals surface area contributed by atoms with Gasteiger partial charge < -0.3 is 29.2 Å². The number of hydrogen-bond donors (Lipinski definition) is 1. The normalized spacial score (nSPS) is 15.7. The zero-order valence-corrected chi connectivity index (χ0v) is 26.6. The fourth-order valence-corrected chi connectivity index (χ4v) is 5.60. The predicted octanol–water partition coefficient (Wildman–Crippen LogP) is 6.16. The molecule has 1 amide bonds. The van der Waals surface area contributed by atoms with Crippen LogP contribution in [0.3, 0.4) is 0 Å². The fraction of sp³-hybridized carbons (Fsp3) is 0.361. The summed E-state index contributed by atoms with van der Waals surface area (Å²) in [6.45, 7) is 9.49. The van der Waals surface area contributed by atoms with E-state index in [1.54, 1.807) is 19.1 Å². The van der Waals surface area contributed by atoms with E-state index in [4.69, 9.17) is 24.0 Å². The monoisotopic (exact) mass is 623 g/mol. The summed E-state index contributed by atoms with van der Waals surface area (Å²) in [5, 5.41) is 17.7. The van der Waals surface area contributed by atoms with Gasteiger partial charge in [-0.2, -0.15) is 10.4 Å². The summed E-state index contributed by atoms with van der Waals surface area (Å²) in [7, 11) is 0. The van der Waals surface area contributed by atoms with Crippen LogP contribution >= 0.6 is 0 Å². The zero-order valence-electron chi connectivity index (χ0n) is 26.6. The highest BCUT2D eigenvalue weighted by Gasteiger charge is 2.32. The van der Waals surface area contributed by atoms with Gasteiger partial charge in [-0.15, -0.1) is 0 Å². The van der Waals surface area contributed by atoms with Crippen LogP contribution in [0.1, 0.15) is 44.4 Å². The third-order valence-corrected chi connectivity index (χ3v) is 7.80. The van der Waals surface area contributed by atoms with E-state index >= 15 is 0 Å². The maximum Gasteiger partial charge on any atom is 0.224 e. The van der Waals surface area contributed by atoms with Crippen LogP contribution in [0.2, 0.25) is 0 Å². The van der Waals surface area contributed by atoms with Crippen molar-refractivity contribution < 1.29 is 23.7 Å². The molecule has 5 rings (SSSR count). The summed E-state index contributed by atoms with van der Waals surface area (Å²) in [6, 6.07) is 25.5. The molecule has 0 saturated heterocycles. The van der Waals surface area contributed by atoms with Crippen molar-refractivity contribution in [3.63, 3.8) is 0 Å². The van der Waals surface area contributed by atoms with Gasteiger partial charge in [0.15, 0.2) is 0 Å². The Labute approximate surface area is 270 Å². The maximum absolute atomic E-state index is 12.6. The van der Waals surface area contributed by atoms with Gasteiger partial charge in [0, 0.05) is 42.7 Å². The molecule has 2 atom stereocenters. The van der Waals surface area contributed by atoms with E-state index in [2.05, 4.69) is 24.4 Å². The van der Waals surface area contributed by atoms with Gasteiger partial charge in [0.2, 0.25) is 5.91 Å². The molecule has 4 aromatic rings. The summed E-state index contributed by atoms with van der Waals surface area (Å²) in [4.78, 5) is 14.5. The number of aromatic nitrogens is 2. The zero-order chi connectivity index (χ0) is 32.3. The number of rotatable bonds is 15. The topological polar surface area (TPSA) is 111 Å². The number of nitrogens with zero attached hydrogens (tertiary/aromatic N) is 4. The number of carbonyl (C=O) groups is 1. The SMILES string of the molecule is CCOCCOCCOCCOc1ccc(-n2ccc(-c3ccc4c(c3)[C@H](Nc3ccc(C#N)cc3)C[C@H](C)N4C(C)=O)n2)cc1. The summed E-state index contributed by atoms with van der Waals surface area (Å²) in [6.07, 6.45) is 2.68. The molecule has 0 aliphatic carbocycles. The molecule has 0 saturated carbocycles. The fourth-order valence-electron chi connectivity index (χ4n) is 5.60. The lowest BCUT2D eigenvalue weighted by Gasteiger charge is -2.39. The van der Waals surface area contributed by atoms with Gasteiger partial charge in [0.05, 0.1) is 62.1 Å². The van der Waals surface area contributed by atoms with Crippen LogP contribution in [0.5, 0.6) is 5.75 Å². The summed E-state index contributed by atoms with van der Waals surface area (Å²) >= 11 is 0. The van der Waals surface area contributed by atoms with Gasteiger partial charge in [0.25, 0.3) is 0 Å². The Morgan fingerprint density at radius 1 is 0.935 bits per heavy atom. The first-order valence-corrected chi connectivity index (χ1v) is 15.7. The van der Waals surface area contributed by atoms with Crippen LogP contribution < -0.4 is 15.0 Å². The second-order valence-electron chi connectivity index (χ2n) is 11.0. The summed E-state index contributed by atoms with van der Waals surface area (Å²) in [5.74, 6) is 0.772. The number of ether oxygens (including phenoxy) is 4. The third-order valence-electron chi connectivity index (χ3n) is 7.80. The number of fused-ring (bicyclic) bond motifs is 1. The van der Waals surface area contributed by atoms with Gasteiger partial charge in [-0.1, -0.05) is 6.07 Å². The van der Waals surface area contributed by atoms with Gasteiger partial charge >= 0.3 is 0 Å². The van der Waals surface area contributed by atoms with Crippen molar-refractivity contribution in [2.75, 3.05) is 56.5 Å². The molecule has 0 bridgehead atoms. The molecule has 2 heterocycles. The van der Waals surface area contributed by atoms with Crippen molar-refractivity contribution in [2.45, 2.75) is 39.3 Å². The molecule has 0 spiro atoms. The van der Waals surface area contributed by atoms with E-state index in [0.29, 0.717) is 51.8 Å². The number of nitriles is 1. The van der Waals surface area contributed by atoms with Gasteiger partial charge in [-0.3, -0.25) is 4.79 Å². The second kappa shape index (κ2) is 16.0. The van der Waals surface area contributed by atoms with Crippen molar-refractivity contribution in [1.82, 2.24) is 9.78 Å². The lowest BCUT2D eigenvalue weighted by molar-refractivity contribution is -0.117. The van der Waals surface area contributed by atoms with Gasteiger partial charge in [-0.25, -0.2) is 4.68 Å². The third kappa shape index (κ3) is 8.31. The Kier molecular flexibility index (Phi) is 11.4. The minimum absolute atomic E-state index is 0.0150. The van der Waals surface area contributed by atoms with E-state index in [-0.39, 0.29) is 18.0 Å². The molecule has 46 heavy (non-hydrogen) atoms. The predicted molar refractivity (Wildman–Crippen MR) is 177 cm³/mol. The number of benzene rings is 3. The minimum Gasteiger partial charge on any atom is -0.491 e. The van der Waals surface area contributed by atoms with Crippen LogP contribution in [0.4, 0.5) is 11.4 Å². The first-order valence-electron chi connectivity index (χ1n) is 15.7. The van der Waals surface area contributed by atoms with Crippen LogP contribution in [0, 0.1) is 11.3 Å². The quantitative estimate of drug-likeness (QED) is 0.157. The van der Waals surface area contributed by atoms with E-state index in [1.807, 2.05) is 77.3 Å². The minimum atomic E-state index is -0.0208. The lowest BCUT2D eigenvalue weighted by atomic mass is 9.89. The Morgan fingerprint density at radius 3 is 2.30 bits per heavy atom. The van der Waals surface area contributed by atoms with Crippen LogP contribution in [0.15, 0.2) is 79.0 Å². The molecule has 240 valence electrons. The number of hydrogen-bond acceptors (Lipinski definition) is 8. The number of anilines is 2. The van der Waals surface area contributed by atoms with Crippen molar-refractivity contribution in [3.05, 3.63) is 90.1 Å². The molecule has 0 radical (unpaired) electrons. The molecule has 1 aromatic heterocycles. The van der Waals surface area contributed by atoms with E-state index in [1.165, 1.54) is 0 Å². The number of carbonyl (C=O) groups excluding carboxylic acids is 1. The molecule has 0 unspecified atom stereocenters. The highest BCUT2D eigenvalue weighted by molar-refractivity contribution is 5.94. The standard InChI is InChI=1S/C36H41N5O5/c1-4-43-17-18-44-19-20-45-21-22-46-32-12-10-31(11-13-32)40-16-15-34(39-40)29-7-14-36-33(24-29)35(23-26(2)41(36)27(3)42)38-30-8-5-28(25-37)6-9-30/h5-16,24,26,35,38H,4,17-23H2,1-3H3/t26-,35+/m0/s1. The maximum atomic E-state index is 12.6. The van der Waals surface area contributed by atoms with E-state index in [9.17, 15) is 10.1 Å². The Balaban J connectivity index is 1.22. The van der Waals surface area contributed by atoms with Crippen molar-refractivity contribution in [2.24, 2.45) is 0 Å². The largest absolute Gasteiger partial charge is 0.491 e. The molecule has 3 aromatic carbocycles. The average Bonchev–Trinajstić information content (AvgIpc) is 3.56. The molecule has 10 nitrogen and oxygen atoms in total. The van der Waals surface area contributed by atoms with Crippen LogP contribution in [-0.2, 0) is 19.0 Å². The molecule has 1 aliphatic heterocycles. The van der Waals surface area contributed by atoms with E-state index in [0.717, 1.165) is 46.1 Å². The summed E-state index contributed by atoms with van der Waals surface area (Å²) < 4.78 is 23.9. The average molecular weight is 624 g/mol. The molecule has 0 fully saturated rings. The first kappa shape index (κ1) is 32.7. The van der Waals surface area contributed by atoms with Gasteiger partial charge in [-0.05, 0) is 92.6 Å². The Morgan fingerprint density at radius 2 is 1.63 bits per heavy atom. The Bertz CT molecular complexity index is 1610. The molecule has 1 N–H and O–H groups in total. The Hall–Kier alpha value is -4.69.